The second-order valence-electron chi connectivity index (χ2n) is 6.67. The minimum Gasteiger partial charge on any atom is -0.352 e. The molecular weight excluding hydrogens is 374 g/mol. The van der Waals surface area contributed by atoms with Crippen molar-refractivity contribution in [1.29, 1.82) is 0 Å². The van der Waals surface area contributed by atoms with Crippen molar-refractivity contribution in [3.8, 4) is 0 Å². The SMILES string of the molecule is Cc1ccc(Nc2ccc(N3CCN(C(=O)c4scnc4C)CC3)nn2)nc1. The van der Waals surface area contributed by atoms with Gasteiger partial charge in [0.2, 0.25) is 0 Å². The fourth-order valence-corrected chi connectivity index (χ4v) is 3.79. The number of piperazine rings is 1. The summed E-state index contributed by atoms with van der Waals surface area (Å²) in [6, 6.07) is 7.73. The van der Waals surface area contributed by atoms with Crippen LogP contribution in [0.1, 0.15) is 20.9 Å². The molecule has 8 nitrogen and oxygen atoms in total. The Hall–Kier alpha value is -3.07. The minimum absolute atomic E-state index is 0.0656. The lowest BCUT2D eigenvalue weighted by molar-refractivity contribution is 0.0750. The third-order valence-electron chi connectivity index (χ3n) is 4.65. The molecule has 0 aromatic carbocycles. The minimum atomic E-state index is 0.0656. The van der Waals surface area contributed by atoms with E-state index in [1.54, 1.807) is 11.7 Å². The van der Waals surface area contributed by atoms with Crippen LogP contribution in [0.5, 0.6) is 0 Å². The van der Waals surface area contributed by atoms with Crippen LogP contribution >= 0.6 is 11.3 Å². The van der Waals surface area contributed by atoms with Crippen molar-refractivity contribution in [3.63, 3.8) is 0 Å². The van der Waals surface area contributed by atoms with Gasteiger partial charge in [0.15, 0.2) is 11.6 Å². The fourth-order valence-electron chi connectivity index (χ4n) is 3.02. The first-order chi connectivity index (χ1) is 13.6. The van der Waals surface area contributed by atoms with Gasteiger partial charge in [0, 0.05) is 32.4 Å². The molecule has 3 aromatic rings. The molecule has 144 valence electrons. The van der Waals surface area contributed by atoms with Crippen molar-refractivity contribution in [1.82, 2.24) is 25.1 Å². The Balaban J connectivity index is 1.35. The van der Waals surface area contributed by atoms with E-state index in [2.05, 4.69) is 30.4 Å². The lowest BCUT2D eigenvalue weighted by Gasteiger charge is -2.35. The summed E-state index contributed by atoms with van der Waals surface area (Å²) in [5.41, 5.74) is 3.63. The highest BCUT2D eigenvalue weighted by Crippen LogP contribution is 2.19. The van der Waals surface area contributed by atoms with Crippen LogP contribution in [-0.2, 0) is 0 Å². The Morgan fingerprint density at radius 1 is 1.00 bits per heavy atom. The van der Waals surface area contributed by atoms with Gasteiger partial charge in [-0.15, -0.1) is 21.5 Å². The third-order valence-corrected chi connectivity index (χ3v) is 5.57. The fraction of sp³-hybridized carbons (Fsp3) is 0.316. The number of rotatable bonds is 4. The monoisotopic (exact) mass is 395 g/mol. The van der Waals surface area contributed by atoms with E-state index < -0.39 is 0 Å². The zero-order valence-electron chi connectivity index (χ0n) is 15.8. The topological polar surface area (TPSA) is 87.1 Å². The van der Waals surface area contributed by atoms with Crippen molar-refractivity contribution in [2.75, 3.05) is 36.4 Å². The first-order valence-electron chi connectivity index (χ1n) is 9.08. The van der Waals surface area contributed by atoms with E-state index in [1.807, 2.05) is 43.0 Å². The summed E-state index contributed by atoms with van der Waals surface area (Å²) in [7, 11) is 0. The van der Waals surface area contributed by atoms with Gasteiger partial charge in [-0.05, 0) is 37.6 Å². The van der Waals surface area contributed by atoms with Crippen molar-refractivity contribution >= 4 is 34.7 Å². The number of hydrogen-bond donors (Lipinski definition) is 1. The number of thiazole rings is 1. The molecule has 28 heavy (non-hydrogen) atoms. The molecule has 0 aliphatic carbocycles. The standard InChI is InChI=1S/C19H21N7OS/c1-13-3-4-15(20-11-13)22-16-5-6-17(24-23-16)25-7-9-26(10-8-25)19(27)18-14(2)21-12-28-18/h3-6,11-12H,7-10H2,1-2H3,(H,20,22,23). The molecule has 0 radical (unpaired) electrons. The molecule has 1 amide bonds. The second-order valence-corrected chi connectivity index (χ2v) is 7.52. The van der Waals surface area contributed by atoms with Crippen molar-refractivity contribution in [2.24, 2.45) is 0 Å². The molecule has 1 N–H and O–H groups in total. The summed E-state index contributed by atoms with van der Waals surface area (Å²) in [6.07, 6.45) is 1.80. The van der Waals surface area contributed by atoms with Crippen molar-refractivity contribution in [2.45, 2.75) is 13.8 Å². The van der Waals surface area contributed by atoms with E-state index in [-0.39, 0.29) is 5.91 Å². The highest BCUT2D eigenvalue weighted by atomic mass is 32.1. The molecule has 4 heterocycles. The number of pyridine rings is 1. The zero-order valence-corrected chi connectivity index (χ0v) is 16.6. The number of amides is 1. The van der Waals surface area contributed by atoms with Gasteiger partial charge in [-0.2, -0.15) is 0 Å². The molecular formula is C19H21N7OS. The smallest absolute Gasteiger partial charge is 0.265 e. The van der Waals surface area contributed by atoms with E-state index in [9.17, 15) is 4.79 Å². The molecule has 4 rings (SSSR count). The number of aromatic nitrogens is 4. The van der Waals surface area contributed by atoms with Crippen LogP contribution in [0, 0.1) is 13.8 Å². The highest BCUT2D eigenvalue weighted by molar-refractivity contribution is 7.11. The van der Waals surface area contributed by atoms with Gasteiger partial charge in [0.25, 0.3) is 5.91 Å². The average Bonchev–Trinajstić information content (AvgIpc) is 3.16. The van der Waals surface area contributed by atoms with E-state index >= 15 is 0 Å². The first kappa shape index (κ1) is 18.3. The summed E-state index contributed by atoms with van der Waals surface area (Å²) in [4.78, 5) is 25.8. The Labute approximate surface area is 167 Å². The summed E-state index contributed by atoms with van der Waals surface area (Å²) in [5.74, 6) is 2.26. The molecule has 0 atom stereocenters. The maximum atomic E-state index is 12.6. The number of nitrogens with one attached hydrogen (secondary N) is 1. The number of aryl methyl sites for hydroxylation is 2. The number of nitrogens with zero attached hydrogens (tertiary/aromatic N) is 6. The maximum Gasteiger partial charge on any atom is 0.265 e. The predicted octanol–water partition coefficient (Wildman–Crippen LogP) is 2.65. The van der Waals surface area contributed by atoms with Crippen molar-refractivity contribution in [3.05, 3.63) is 52.1 Å². The Morgan fingerprint density at radius 2 is 1.79 bits per heavy atom. The van der Waals surface area contributed by atoms with Crippen LogP contribution in [0.4, 0.5) is 17.5 Å². The highest BCUT2D eigenvalue weighted by Gasteiger charge is 2.25. The van der Waals surface area contributed by atoms with Crippen molar-refractivity contribution < 1.29 is 4.79 Å². The second kappa shape index (κ2) is 7.89. The van der Waals surface area contributed by atoms with Crippen LogP contribution in [0.2, 0.25) is 0 Å². The third kappa shape index (κ3) is 3.94. The van der Waals surface area contributed by atoms with Gasteiger partial charge in [0.05, 0.1) is 11.2 Å². The Morgan fingerprint density at radius 3 is 2.39 bits per heavy atom. The largest absolute Gasteiger partial charge is 0.352 e. The number of carbonyl (C=O) groups excluding carboxylic acids is 1. The van der Waals surface area contributed by atoms with Gasteiger partial charge in [-0.1, -0.05) is 6.07 Å². The van der Waals surface area contributed by atoms with Gasteiger partial charge in [-0.3, -0.25) is 4.79 Å². The van der Waals surface area contributed by atoms with E-state index in [1.165, 1.54) is 11.3 Å². The predicted molar refractivity (Wildman–Crippen MR) is 109 cm³/mol. The Bertz CT molecular complexity index is 947. The molecule has 1 saturated heterocycles. The van der Waals surface area contributed by atoms with E-state index in [4.69, 9.17) is 0 Å². The molecule has 3 aromatic heterocycles. The summed E-state index contributed by atoms with van der Waals surface area (Å²) < 4.78 is 0. The molecule has 1 fully saturated rings. The van der Waals surface area contributed by atoms with E-state index in [0.717, 1.165) is 40.9 Å². The average molecular weight is 395 g/mol. The van der Waals surface area contributed by atoms with Gasteiger partial charge < -0.3 is 15.1 Å². The normalized spacial score (nSPS) is 14.2. The number of carbonyl (C=O) groups is 1. The summed E-state index contributed by atoms with van der Waals surface area (Å²) in [5, 5.41) is 11.7. The van der Waals surface area contributed by atoms with Crippen LogP contribution < -0.4 is 10.2 Å². The molecule has 0 saturated carbocycles. The van der Waals surface area contributed by atoms with Crippen LogP contribution in [0.3, 0.4) is 0 Å². The lowest BCUT2D eigenvalue weighted by atomic mass is 10.2. The van der Waals surface area contributed by atoms with Gasteiger partial charge in [0.1, 0.15) is 10.7 Å². The molecule has 1 aliphatic rings. The van der Waals surface area contributed by atoms with Gasteiger partial charge in [-0.25, -0.2) is 9.97 Å². The first-order valence-corrected chi connectivity index (χ1v) is 9.96. The van der Waals surface area contributed by atoms with Crippen LogP contribution in [-0.4, -0.2) is 57.2 Å². The summed E-state index contributed by atoms with van der Waals surface area (Å²) >= 11 is 1.40. The van der Waals surface area contributed by atoms with Gasteiger partial charge >= 0.3 is 0 Å². The molecule has 1 aliphatic heterocycles. The lowest BCUT2D eigenvalue weighted by Crippen LogP contribution is -2.49. The molecule has 0 unspecified atom stereocenters. The van der Waals surface area contributed by atoms with Crippen LogP contribution in [0.25, 0.3) is 0 Å². The molecule has 9 heteroatoms. The van der Waals surface area contributed by atoms with E-state index in [0.29, 0.717) is 18.9 Å². The van der Waals surface area contributed by atoms with Crippen LogP contribution in [0.15, 0.2) is 36.0 Å². The molecule has 0 spiro atoms. The number of hydrogen-bond acceptors (Lipinski definition) is 8. The quantitative estimate of drug-likeness (QED) is 0.727. The maximum absolute atomic E-state index is 12.6. The zero-order chi connectivity index (χ0) is 19.5. The molecule has 0 bridgehead atoms. The summed E-state index contributed by atoms with van der Waals surface area (Å²) in [6.45, 7) is 6.64. The number of anilines is 3. The Kier molecular flexibility index (Phi) is 5.16.